The van der Waals surface area contributed by atoms with Crippen LogP contribution in [0.25, 0.3) is 10.7 Å². The summed E-state index contributed by atoms with van der Waals surface area (Å²) in [6.07, 6.45) is 1.59. The predicted molar refractivity (Wildman–Crippen MR) is 98.5 cm³/mol. The van der Waals surface area contributed by atoms with Gasteiger partial charge < -0.3 is 0 Å². The van der Waals surface area contributed by atoms with Crippen LogP contribution in [0.15, 0.2) is 54.0 Å². The number of nitrogens with one attached hydrogen (secondary N) is 1. The third kappa shape index (κ3) is 4.71. The Labute approximate surface area is 157 Å². The van der Waals surface area contributed by atoms with E-state index in [-0.39, 0.29) is 11.4 Å². The first-order chi connectivity index (χ1) is 12.8. The van der Waals surface area contributed by atoms with Crippen molar-refractivity contribution in [2.75, 3.05) is 0 Å². The lowest BCUT2D eigenvalue weighted by atomic mass is 10.2. The van der Waals surface area contributed by atoms with Gasteiger partial charge in [-0.25, -0.2) is 18.1 Å². The van der Waals surface area contributed by atoms with E-state index in [0.717, 1.165) is 0 Å². The minimum absolute atomic E-state index is 0.0343. The second-order valence-electron chi connectivity index (χ2n) is 5.37. The van der Waals surface area contributed by atoms with Crippen LogP contribution in [0, 0.1) is 10.1 Å². The molecule has 1 amide bonds. The summed E-state index contributed by atoms with van der Waals surface area (Å²) in [5, 5.41) is 12.6. The minimum Gasteiger partial charge on any atom is -0.266 e. The van der Waals surface area contributed by atoms with Gasteiger partial charge in [0.25, 0.3) is 11.6 Å². The average Bonchev–Trinajstić information content (AvgIpc) is 3.12. The predicted octanol–water partition coefficient (Wildman–Crippen LogP) is 2.37. The van der Waals surface area contributed by atoms with E-state index in [1.807, 2.05) is 4.72 Å². The maximum absolute atomic E-state index is 12.2. The van der Waals surface area contributed by atoms with Crippen LogP contribution >= 0.6 is 11.3 Å². The number of non-ortho nitro benzene ring substituents is 1. The van der Waals surface area contributed by atoms with Gasteiger partial charge in [-0.3, -0.25) is 19.9 Å². The molecule has 0 aliphatic carbocycles. The topological polar surface area (TPSA) is 132 Å². The zero-order valence-corrected chi connectivity index (χ0v) is 15.2. The number of benzene rings is 1. The summed E-state index contributed by atoms with van der Waals surface area (Å²) in [6.45, 7) is 0. The van der Waals surface area contributed by atoms with E-state index in [2.05, 4.69) is 9.97 Å². The van der Waals surface area contributed by atoms with Crippen molar-refractivity contribution in [3.8, 4) is 10.7 Å². The van der Waals surface area contributed by atoms with Crippen molar-refractivity contribution in [3.63, 3.8) is 0 Å². The fourth-order valence-electron chi connectivity index (χ4n) is 2.15. The molecule has 1 aromatic carbocycles. The molecular weight excluding hydrogens is 392 g/mol. The van der Waals surface area contributed by atoms with Crippen LogP contribution in [0.1, 0.15) is 16.1 Å². The number of nitrogens with zero attached hydrogens (tertiary/aromatic N) is 3. The third-order valence-corrected chi connectivity index (χ3v) is 5.45. The summed E-state index contributed by atoms with van der Waals surface area (Å²) in [4.78, 5) is 30.5. The fraction of sp³-hybridized carbons (Fsp3) is 0.0625. The lowest BCUT2D eigenvalue weighted by Gasteiger charge is -2.05. The second-order valence-corrected chi connectivity index (χ2v) is 7.95. The van der Waals surface area contributed by atoms with E-state index in [9.17, 15) is 23.3 Å². The molecule has 0 spiro atoms. The Hall–Kier alpha value is -3.18. The molecule has 0 fully saturated rings. The summed E-state index contributed by atoms with van der Waals surface area (Å²) in [5.41, 5.74) is 0.710. The van der Waals surface area contributed by atoms with Crippen LogP contribution in [-0.4, -0.2) is 29.2 Å². The highest BCUT2D eigenvalue weighted by atomic mass is 32.2. The number of aromatic nitrogens is 2. The molecule has 0 aliphatic heterocycles. The lowest BCUT2D eigenvalue weighted by molar-refractivity contribution is -0.384. The van der Waals surface area contributed by atoms with E-state index in [1.54, 1.807) is 24.4 Å². The monoisotopic (exact) mass is 404 g/mol. The number of carbonyl (C=O) groups is 1. The summed E-state index contributed by atoms with van der Waals surface area (Å²) < 4.78 is 26.3. The van der Waals surface area contributed by atoms with Crippen molar-refractivity contribution in [3.05, 3.63) is 75.4 Å². The number of hydrogen-bond donors (Lipinski definition) is 1. The Kier molecular flexibility index (Phi) is 5.23. The molecule has 0 saturated heterocycles. The number of nitro groups is 1. The lowest BCUT2D eigenvalue weighted by Crippen LogP contribution is -2.31. The van der Waals surface area contributed by atoms with Crippen molar-refractivity contribution in [1.82, 2.24) is 14.7 Å². The van der Waals surface area contributed by atoms with Crippen LogP contribution in [0.3, 0.4) is 0 Å². The largest absolute Gasteiger partial charge is 0.284 e. The van der Waals surface area contributed by atoms with Crippen LogP contribution in [-0.2, 0) is 15.8 Å². The van der Waals surface area contributed by atoms with Crippen molar-refractivity contribution >= 4 is 33.0 Å². The first-order valence-corrected chi connectivity index (χ1v) is 10.0. The summed E-state index contributed by atoms with van der Waals surface area (Å²) >= 11 is 1.17. The highest BCUT2D eigenvalue weighted by Gasteiger charge is 2.20. The SMILES string of the molecule is O=C(NS(=O)(=O)Cc1ccc([N+](=O)[O-])cc1)c1csc(-c2ccccn2)n1. The molecule has 0 atom stereocenters. The standard InChI is InChI=1S/C16H12N4O5S2/c21-15(14-9-26-16(18-14)13-3-1-2-8-17-13)19-27(24,25)10-11-4-6-12(7-5-11)20(22)23/h1-9H,10H2,(H,19,21). The highest BCUT2D eigenvalue weighted by molar-refractivity contribution is 7.89. The van der Waals surface area contributed by atoms with Gasteiger partial charge in [-0.15, -0.1) is 11.3 Å². The van der Waals surface area contributed by atoms with Gasteiger partial charge >= 0.3 is 0 Å². The Morgan fingerprint density at radius 1 is 1.19 bits per heavy atom. The molecule has 138 valence electrons. The van der Waals surface area contributed by atoms with E-state index in [4.69, 9.17) is 0 Å². The molecule has 9 nitrogen and oxygen atoms in total. The Morgan fingerprint density at radius 2 is 1.93 bits per heavy atom. The average molecular weight is 404 g/mol. The van der Waals surface area contributed by atoms with E-state index in [1.165, 1.54) is 41.0 Å². The van der Waals surface area contributed by atoms with Gasteiger partial charge in [0.2, 0.25) is 10.0 Å². The van der Waals surface area contributed by atoms with Gasteiger partial charge in [0, 0.05) is 23.7 Å². The Bertz CT molecular complexity index is 1080. The van der Waals surface area contributed by atoms with Crippen molar-refractivity contribution in [1.29, 1.82) is 0 Å². The first-order valence-electron chi connectivity index (χ1n) is 7.49. The zero-order valence-electron chi connectivity index (χ0n) is 13.6. The first kappa shape index (κ1) is 18.6. The molecule has 0 radical (unpaired) electrons. The molecule has 11 heteroatoms. The molecule has 2 heterocycles. The Morgan fingerprint density at radius 3 is 2.56 bits per heavy atom. The third-order valence-electron chi connectivity index (χ3n) is 3.37. The number of nitro benzene ring substituents is 1. The quantitative estimate of drug-likeness (QED) is 0.492. The van der Waals surface area contributed by atoms with Crippen molar-refractivity contribution < 1.29 is 18.1 Å². The molecular formula is C16H12N4O5S2. The van der Waals surface area contributed by atoms with Crippen LogP contribution in [0.2, 0.25) is 0 Å². The van der Waals surface area contributed by atoms with Gasteiger partial charge in [-0.05, 0) is 17.7 Å². The summed E-state index contributed by atoms with van der Waals surface area (Å²) in [7, 11) is -3.99. The molecule has 27 heavy (non-hydrogen) atoms. The minimum atomic E-state index is -3.99. The molecule has 3 aromatic rings. The molecule has 1 N–H and O–H groups in total. The molecule has 3 rings (SSSR count). The smallest absolute Gasteiger partial charge is 0.266 e. The van der Waals surface area contributed by atoms with Gasteiger partial charge in [0.05, 0.1) is 16.4 Å². The summed E-state index contributed by atoms with van der Waals surface area (Å²) in [6, 6.07) is 10.3. The van der Waals surface area contributed by atoms with Crippen molar-refractivity contribution in [2.24, 2.45) is 0 Å². The number of hydrogen-bond acceptors (Lipinski definition) is 8. The zero-order chi connectivity index (χ0) is 19.4. The van der Waals surface area contributed by atoms with Gasteiger partial charge in [-0.1, -0.05) is 18.2 Å². The van der Waals surface area contributed by atoms with E-state index >= 15 is 0 Å². The van der Waals surface area contributed by atoms with Gasteiger partial charge in [0.1, 0.15) is 10.7 Å². The second kappa shape index (κ2) is 7.60. The van der Waals surface area contributed by atoms with Gasteiger partial charge in [-0.2, -0.15) is 0 Å². The maximum Gasteiger partial charge on any atom is 0.284 e. The number of amides is 1. The number of thiazole rings is 1. The molecule has 0 unspecified atom stereocenters. The maximum atomic E-state index is 12.2. The number of sulfonamides is 1. The van der Waals surface area contributed by atoms with E-state index in [0.29, 0.717) is 16.3 Å². The Balaban J connectivity index is 1.69. The van der Waals surface area contributed by atoms with E-state index < -0.39 is 26.6 Å². The van der Waals surface area contributed by atoms with Crippen molar-refractivity contribution in [2.45, 2.75) is 5.75 Å². The molecule has 0 bridgehead atoms. The van der Waals surface area contributed by atoms with Crippen LogP contribution in [0.4, 0.5) is 5.69 Å². The fourth-order valence-corrected chi connectivity index (χ4v) is 4.01. The van der Waals surface area contributed by atoms with Gasteiger partial charge in [0.15, 0.2) is 0 Å². The number of carbonyl (C=O) groups excluding carboxylic acids is 1. The number of rotatable bonds is 6. The molecule has 0 aliphatic rings. The summed E-state index contributed by atoms with van der Waals surface area (Å²) in [5.74, 6) is -1.34. The molecule has 0 saturated carbocycles. The number of pyridine rings is 1. The normalized spacial score (nSPS) is 11.1. The van der Waals surface area contributed by atoms with Crippen LogP contribution < -0.4 is 4.72 Å². The van der Waals surface area contributed by atoms with Crippen LogP contribution in [0.5, 0.6) is 0 Å². The molecule has 2 aromatic heterocycles. The highest BCUT2D eigenvalue weighted by Crippen LogP contribution is 2.21.